The summed E-state index contributed by atoms with van der Waals surface area (Å²) in [5.41, 5.74) is 3.03. The van der Waals surface area contributed by atoms with Gasteiger partial charge in [-0.15, -0.1) is 0 Å². The minimum absolute atomic E-state index is 0.0523. The Bertz CT molecular complexity index is 1630. The van der Waals surface area contributed by atoms with Gasteiger partial charge in [-0.3, -0.25) is 13.9 Å². The van der Waals surface area contributed by atoms with E-state index < -0.39 is 28.5 Å². The van der Waals surface area contributed by atoms with Crippen LogP contribution in [0, 0.1) is 6.92 Å². The van der Waals surface area contributed by atoms with Gasteiger partial charge in [0.15, 0.2) is 0 Å². The van der Waals surface area contributed by atoms with Gasteiger partial charge in [-0.25, -0.2) is 8.42 Å². The molecule has 0 saturated heterocycles. The van der Waals surface area contributed by atoms with Crippen molar-refractivity contribution in [3.8, 4) is 5.75 Å². The van der Waals surface area contributed by atoms with E-state index in [1.165, 1.54) is 17.0 Å². The fourth-order valence-electron chi connectivity index (χ4n) is 4.98. The highest BCUT2D eigenvalue weighted by Gasteiger charge is 2.34. The fourth-order valence-corrected chi connectivity index (χ4v) is 6.41. The van der Waals surface area contributed by atoms with Gasteiger partial charge < -0.3 is 15.0 Å². The Balaban J connectivity index is 1.78. The Morgan fingerprint density at radius 3 is 2.07 bits per heavy atom. The molecule has 230 valence electrons. The second-order valence-electron chi connectivity index (χ2n) is 10.4. The molecule has 44 heavy (non-hydrogen) atoms. The van der Waals surface area contributed by atoms with E-state index in [-0.39, 0.29) is 23.8 Å². The molecule has 4 aromatic carbocycles. The monoisotopic (exact) mass is 613 g/mol. The van der Waals surface area contributed by atoms with Crippen molar-refractivity contribution >= 4 is 27.5 Å². The van der Waals surface area contributed by atoms with Crippen LogP contribution in [0.3, 0.4) is 0 Å². The average molecular weight is 614 g/mol. The molecule has 8 nitrogen and oxygen atoms in total. The highest BCUT2D eigenvalue weighted by atomic mass is 32.2. The molecule has 0 fully saturated rings. The van der Waals surface area contributed by atoms with Crippen LogP contribution in [0.4, 0.5) is 5.69 Å². The lowest BCUT2D eigenvalue weighted by Crippen LogP contribution is -2.53. The zero-order chi connectivity index (χ0) is 31.5. The number of hydrogen-bond acceptors (Lipinski definition) is 5. The molecule has 0 aliphatic heterocycles. The highest BCUT2D eigenvalue weighted by molar-refractivity contribution is 7.92. The summed E-state index contributed by atoms with van der Waals surface area (Å²) >= 11 is 0. The molecule has 4 aromatic rings. The molecule has 1 atom stereocenters. The molecular formula is C35H39N3O5S. The maximum absolute atomic E-state index is 14.4. The number of benzene rings is 4. The maximum Gasteiger partial charge on any atom is 0.264 e. The normalized spacial score (nSPS) is 11.8. The Hall–Kier alpha value is -4.63. The lowest BCUT2D eigenvalue weighted by Gasteiger charge is -2.34. The molecule has 0 aliphatic carbocycles. The maximum atomic E-state index is 14.4. The number of amides is 2. The van der Waals surface area contributed by atoms with Gasteiger partial charge in [0, 0.05) is 19.5 Å². The van der Waals surface area contributed by atoms with Crippen LogP contribution in [0.5, 0.6) is 5.75 Å². The molecular weight excluding hydrogens is 574 g/mol. The van der Waals surface area contributed by atoms with Crippen LogP contribution in [0.2, 0.25) is 0 Å². The molecule has 0 unspecified atom stereocenters. The van der Waals surface area contributed by atoms with Crippen molar-refractivity contribution in [2.75, 3.05) is 24.0 Å². The van der Waals surface area contributed by atoms with Crippen LogP contribution in [-0.2, 0) is 32.6 Å². The van der Waals surface area contributed by atoms with Crippen molar-refractivity contribution in [2.45, 2.75) is 44.7 Å². The minimum Gasteiger partial charge on any atom is -0.494 e. The Kier molecular flexibility index (Phi) is 11.2. The quantitative estimate of drug-likeness (QED) is 0.207. The van der Waals surface area contributed by atoms with Crippen molar-refractivity contribution in [2.24, 2.45) is 0 Å². The molecule has 2 amide bonds. The lowest BCUT2D eigenvalue weighted by molar-refractivity contribution is -0.140. The number of carbonyl (C=O) groups is 2. The molecule has 0 saturated carbocycles. The lowest BCUT2D eigenvalue weighted by atomic mass is 10.0. The van der Waals surface area contributed by atoms with E-state index in [1.54, 1.807) is 42.5 Å². The Morgan fingerprint density at radius 1 is 0.818 bits per heavy atom. The van der Waals surface area contributed by atoms with Crippen LogP contribution in [0.15, 0.2) is 114 Å². The zero-order valence-corrected chi connectivity index (χ0v) is 26.2. The van der Waals surface area contributed by atoms with Crippen LogP contribution in [0.1, 0.15) is 30.5 Å². The van der Waals surface area contributed by atoms with E-state index in [9.17, 15) is 18.0 Å². The molecule has 0 spiro atoms. The standard InChI is InChI=1S/C35H39N3O5S/c1-4-36-35(40)33(24-28-14-8-6-9-15-28)37(25-29-16-12-13-27(3)23-29)34(39)26-38(30-19-21-31(22-20-30)43-5-2)44(41,42)32-17-10-7-11-18-32/h6-23,33H,4-5,24-26H2,1-3H3,(H,36,40)/t33-/m1/s1. The van der Waals surface area contributed by atoms with Gasteiger partial charge in [-0.05, 0) is 68.3 Å². The van der Waals surface area contributed by atoms with Crippen molar-refractivity contribution in [1.82, 2.24) is 10.2 Å². The summed E-state index contributed by atoms with van der Waals surface area (Å²) in [6, 6.07) is 30.9. The summed E-state index contributed by atoms with van der Waals surface area (Å²) in [5.74, 6) is -0.233. The van der Waals surface area contributed by atoms with Crippen molar-refractivity contribution < 1.29 is 22.7 Å². The van der Waals surface area contributed by atoms with E-state index in [1.807, 2.05) is 75.4 Å². The Labute approximate surface area is 260 Å². The van der Waals surface area contributed by atoms with Crippen LogP contribution < -0.4 is 14.4 Å². The van der Waals surface area contributed by atoms with E-state index >= 15 is 0 Å². The predicted octanol–water partition coefficient (Wildman–Crippen LogP) is 5.37. The van der Waals surface area contributed by atoms with E-state index in [4.69, 9.17) is 4.74 Å². The van der Waals surface area contributed by atoms with Gasteiger partial charge in [0.05, 0.1) is 17.2 Å². The van der Waals surface area contributed by atoms with Gasteiger partial charge in [0.25, 0.3) is 10.0 Å². The SMILES string of the molecule is CCNC(=O)[C@@H](Cc1ccccc1)N(Cc1cccc(C)c1)C(=O)CN(c1ccc(OCC)cc1)S(=O)(=O)c1ccccc1. The number of sulfonamides is 1. The predicted molar refractivity (Wildman–Crippen MR) is 173 cm³/mol. The summed E-state index contributed by atoms with van der Waals surface area (Å²) in [7, 11) is -4.16. The molecule has 9 heteroatoms. The number of aryl methyl sites for hydroxylation is 1. The molecule has 0 radical (unpaired) electrons. The van der Waals surface area contributed by atoms with E-state index in [0.29, 0.717) is 24.6 Å². The third kappa shape index (κ3) is 8.26. The number of nitrogens with zero attached hydrogens (tertiary/aromatic N) is 2. The number of likely N-dealkylation sites (N-methyl/N-ethyl adjacent to an activating group) is 1. The van der Waals surface area contributed by atoms with Gasteiger partial charge in [0.1, 0.15) is 18.3 Å². The van der Waals surface area contributed by atoms with Gasteiger partial charge in [0.2, 0.25) is 11.8 Å². The first-order valence-electron chi connectivity index (χ1n) is 14.7. The van der Waals surface area contributed by atoms with Gasteiger partial charge in [-0.1, -0.05) is 78.4 Å². The zero-order valence-electron chi connectivity index (χ0n) is 25.3. The third-order valence-electron chi connectivity index (χ3n) is 7.10. The molecule has 0 bridgehead atoms. The van der Waals surface area contributed by atoms with Crippen molar-refractivity contribution in [3.05, 3.63) is 126 Å². The second-order valence-corrected chi connectivity index (χ2v) is 12.2. The third-order valence-corrected chi connectivity index (χ3v) is 8.89. The van der Waals surface area contributed by atoms with E-state index in [2.05, 4.69) is 5.32 Å². The summed E-state index contributed by atoms with van der Waals surface area (Å²) < 4.78 is 34.7. The molecule has 0 aromatic heterocycles. The highest BCUT2D eigenvalue weighted by Crippen LogP contribution is 2.27. The van der Waals surface area contributed by atoms with Gasteiger partial charge >= 0.3 is 0 Å². The molecule has 1 N–H and O–H groups in total. The van der Waals surface area contributed by atoms with Gasteiger partial charge in [-0.2, -0.15) is 0 Å². The van der Waals surface area contributed by atoms with Crippen molar-refractivity contribution in [1.29, 1.82) is 0 Å². The number of carbonyl (C=O) groups excluding carboxylic acids is 2. The van der Waals surface area contributed by atoms with E-state index in [0.717, 1.165) is 21.0 Å². The summed E-state index contributed by atoms with van der Waals surface area (Å²) in [4.78, 5) is 29.5. The topological polar surface area (TPSA) is 96.0 Å². The summed E-state index contributed by atoms with van der Waals surface area (Å²) in [5, 5.41) is 2.88. The first-order valence-corrected chi connectivity index (χ1v) is 16.1. The fraction of sp³-hybridized carbons (Fsp3) is 0.257. The molecule has 4 rings (SSSR count). The van der Waals surface area contributed by atoms with Crippen LogP contribution in [-0.4, -0.2) is 50.9 Å². The number of nitrogens with one attached hydrogen (secondary N) is 1. The second kappa shape index (κ2) is 15.2. The number of ether oxygens (including phenoxy) is 1. The van der Waals surface area contributed by atoms with Crippen LogP contribution in [0.25, 0.3) is 0 Å². The first kappa shape index (κ1) is 32.3. The smallest absolute Gasteiger partial charge is 0.264 e. The molecule has 0 aliphatic rings. The minimum atomic E-state index is -4.16. The Morgan fingerprint density at radius 2 is 1.45 bits per heavy atom. The number of anilines is 1. The van der Waals surface area contributed by atoms with Crippen LogP contribution >= 0.6 is 0 Å². The van der Waals surface area contributed by atoms with Crippen molar-refractivity contribution in [3.63, 3.8) is 0 Å². The number of hydrogen-bond donors (Lipinski definition) is 1. The molecule has 0 heterocycles. The largest absolute Gasteiger partial charge is 0.494 e. The first-order chi connectivity index (χ1) is 21.2. The summed E-state index contributed by atoms with van der Waals surface area (Å²) in [6.07, 6.45) is 0.263. The average Bonchev–Trinajstić information content (AvgIpc) is 3.03. The summed E-state index contributed by atoms with van der Waals surface area (Å²) in [6.45, 7) is 6.10. The number of rotatable bonds is 14.